The summed E-state index contributed by atoms with van der Waals surface area (Å²) in [7, 11) is 0. The first kappa shape index (κ1) is 12.4. The number of nitrogens with two attached hydrogens (primary N) is 1. The summed E-state index contributed by atoms with van der Waals surface area (Å²) in [6.07, 6.45) is 4.35. The highest BCUT2D eigenvalue weighted by Gasteiger charge is 2.32. The molecule has 1 fully saturated rings. The highest BCUT2D eigenvalue weighted by atomic mass is 19.1. The molecule has 1 aromatic heterocycles. The van der Waals surface area contributed by atoms with E-state index in [-0.39, 0.29) is 11.4 Å². The largest absolute Gasteiger partial charge is 0.381 e. The lowest BCUT2D eigenvalue weighted by Crippen LogP contribution is -2.45. The number of pyridine rings is 1. The summed E-state index contributed by atoms with van der Waals surface area (Å²) in [5.41, 5.74) is 6.16. The molecular weight excluding hydrogens is 223 g/mol. The molecule has 1 saturated heterocycles. The fraction of sp³-hybridized carbons (Fsp3) is 0.583. The number of nitrogens with zero attached hydrogens (tertiary/aromatic N) is 1. The first-order valence-corrected chi connectivity index (χ1v) is 5.75. The van der Waals surface area contributed by atoms with Gasteiger partial charge in [-0.05, 0) is 11.6 Å². The van der Waals surface area contributed by atoms with Gasteiger partial charge in [0.1, 0.15) is 5.82 Å². The van der Waals surface area contributed by atoms with Crippen LogP contribution in [0.15, 0.2) is 18.5 Å². The van der Waals surface area contributed by atoms with Crippen LogP contribution in [0.2, 0.25) is 0 Å². The summed E-state index contributed by atoms with van der Waals surface area (Å²) in [4.78, 5) is 3.79. The Morgan fingerprint density at radius 2 is 2.18 bits per heavy atom. The van der Waals surface area contributed by atoms with Gasteiger partial charge in [-0.15, -0.1) is 0 Å². The number of hydrogen-bond acceptors (Lipinski definition) is 4. The number of hydrogen-bond donors (Lipinski definition) is 1. The van der Waals surface area contributed by atoms with Crippen LogP contribution in [0.25, 0.3) is 0 Å². The Kier molecular flexibility index (Phi) is 4.04. The van der Waals surface area contributed by atoms with Crippen molar-refractivity contribution in [1.29, 1.82) is 0 Å². The van der Waals surface area contributed by atoms with Crippen LogP contribution in [0.5, 0.6) is 0 Å². The molecule has 0 aromatic carbocycles. The fourth-order valence-electron chi connectivity index (χ4n) is 1.92. The molecule has 1 aromatic rings. The lowest BCUT2D eigenvalue weighted by molar-refractivity contribution is -0.112. The monoisotopic (exact) mass is 240 g/mol. The predicted molar refractivity (Wildman–Crippen MR) is 60.8 cm³/mol. The SMILES string of the molecule is NCC1(OCc2cncc(F)c2)CCOCC1. The van der Waals surface area contributed by atoms with Crippen molar-refractivity contribution in [2.24, 2.45) is 5.73 Å². The van der Waals surface area contributed by atoms with Gasteiger partial charge in [0.2, 0.25) is 0 Å². The van der Waals surface area contributed by atoms with E-state index in [0.29, 0.717) is 26.4 Å². The van der Waals surface area contributed by atoms with Gasteiger partial charge in [0.05, 0.1) is 18.4 Å². The van der Waals surface area contributed by atoms with E-state index in [2.05, 4.69) is 4.98 Å². The maximum Gasteiger partial charge on any atom is 0.141 e. The Morgan fingerprint density at radius 1 is 1.41 bits per heavy atom. The smallest absolute Gasteiger partial charge is 0.141 e. The standard InChI is InChI=1S/C12H17FN2O2/c13-11-5-10(6-15-7-11)8-17-12(9-14)1-3-16-4-2-12/h5-7H,1-4,8-9,14H2. The van der Waals surface area contributed by atoms with Gasteiger partial charge < -0.3 is 15.2 Å². The van der Waals surface area contributed by atoms with Crippen molar-refractivity contribution in [2.45, 2.75) is 25.0 Å². The van der Waals surface area contributed by atoms with Crippen molar-refractivity contribution in [3.63, 3.8) is 0 Å². The van der Waals surface area contributed by atoms with Gasteiger partial charge in [-0.25, -0.2) is 4.39 Å². The summed E-state index contributed by atoms with van der Waals surface area (Å²) in [6, 6.07) is 1.43. The minimum absolute atomic E-state index is 0.329. The Bertz CT molecular complexity index is 367. The molecule has 0 atom stereocenters. The molecule has 2 heterocycles. The minimum atomic E-state index is -0.347. The third-order valence-corrected chi connectivity index (χ3v) is 3.08. The summed E-state index contributed by atoms with van der Waals surface area (Å²) in [5, 5.41) is 0. The molecule has 1 aliphatic heterocycles. The molecule has 0 unspecified atom stereocenters. The second kappa shape index (κ2) is 5.53. The number of halogens is 1. The fourth-order valence-corrected chi connectivity index (χ4v) is 1.92. The van der Waals surface area contributed by atoms with E-state index in [1.54, 1.807) is 6.20 Å². The minimum Gasteiger partial charge on any atom is -0.381 e. The molecule has 2 N–H and O–H groups in total. The van der Waals surface area contributed by atoms with Gasteiger partial charge >= 0.3 is 0 Å². The van der Waals surface area contributed by atoms with E-state index >= 15 is 0 Å². The lowest BCUT2D eigenvalue weighted by atomic mass is 9.94. The molecule has 2 rings (SSSR count). The van der Waals surface area contributed by atoms with Crippen molar-refractivity contribution in [3.05, 3.63) is 29.8 Å². The van der Waals surface area contributed by atoms with Crippen molar-refractivity contribution >= 4 is 0 Å². The van der Waals surface area contributed by atoms with Crippen LogP contribution in [0.3, 0.4) is 0 Å². The predicted octanol–water partition coefficient (Wildman–Crippen LogP) is 1.25. The van der Waals surface area contributed by atoms with E-state index < -0.39 is 0 Å². The normalized spacial score (nSPS) is 19.2. The van der Waals surface area contributed by atoms with Gasteiger partial charge in [0, 0.05) is 38.8 Å². The molecular formula is C12H17FN2O2. The molecule has 94 valence electrons. The first-order valence-electron chi connectivity index (χ1n) is 5.75. The van der Waals surface area contributed by atoms with Crippen LogP contribution >= 0.6 is 0 Å². The first-order chi connectivity index (χ1) is 8.24. The van der Waals surface area contributed by atoms with Gasteiger partial charge in [-0.1, -0.05) is 0 Å². The average molecular weight is 240 g/mol. The zero-order valence-corrected chi connectivity index (χ0v) is 9.69. The quantitative estimate of drug-likeness (QED) is 0.860. The Labute approximate surface area is 99.9 Å². The molecule has 0 amide bonds. The van der Waals surface area contributed by atoms with E-state index in [1.165, 1.54) is 12.3 Å². The van der Waals surface area contributed by atoms with Crippen LogP contribution < -0.4 is 5.73 Å². The summed E-state index contributed by atoms with van der Waals surface area (Å²) in [5.74, 6) is -0.347. The molecule has 0 saturated carbocycles. The Balaban J connectivity index is 1.95. The van der Waals surface area contributed by atoms with Crippen LogP contribution in [0, 0.1) is 5.82 Å². The molecule has 4 nitrogen and oxygen atoms in total. The van der Waals surface area contributed by atoms with Crippen molar-refractivity contribution in [1.82, 2.24) is 4.98 Å². The van der Waals surface area contributed by atoms with Crippen molar-refractivity contribution < 1.29 is 13.9 Å². The third-order valence-electron chi connectivity index (χ3n) is 3.08. The summed E-state index contributed by atoms with van der Waals surface area (Å²) < 4.78 is 24.1. The topological polar surface area (TPSA) is 57.4 Å². The van der Waals surface area contributed by atoms with E-state index in [4.69, 9.17) is 15.2 Å². The lowest BCUT2D eigenvalue weighted by Gasteiger charge is -2.36. The zero-order chi connectivity index (χ0) is 12.1. The third kappa shape index (κ3) is 3.21. The maximum atomic E-state index is 12.9. The zero-order valence-electron chi connectivity index (χ0n) is 9.69. The highest BCUT2D eigenvalue weighted by molar-refractivity contribution is 5.09. The van der Waals surface area contributed by atoms with E-state index in [0.717, 1.165) is 18.4 Å². The Hall–Kier alpha value is -1.04. The molecule has 17 heavy (non-hydrogen) atoms. The molecule has 0 spiro atoms. The second-order valence-corrected chi connectivity index (χ2v) is 4.30. The summed E-state index contributed by atoms with van der Waals surface area (Å²) >= 11 is 0. The molecule has 0 bridgehead atoms. The molecule has 1 aliphatic rings. The van der Waals surface area contributed by atoms with Crippen LogP contribution in [-0.2, 0) is 16.1 Å². The van der Waals surface area contributed by atoms with Crippen LogP contribution in [-0.4, -0.2) is 30.3 Å². The average Bonchev–Trinajstić information content (AvgIpc) is 2.38. The molecule has 5 heteroatoms. The van der Waals surface area contributed by atoms with E-state index in [9.17, 15) is 4.39 Å². The van der Waals surface area contributed by atoms with Gasteiger partial charge in [-0.2, -0.15) is 0 Å². The Morgan fingerprint density at radius 3 is 2.82 bits per heavy atom. The number of rotatable bonds is 4. The maximum absolute atomic E-state index is 12.9. The van der Waals surface area contributed by atoms with E-state index in [1.807, 2.05) is 0 Å². The van der Waals surface area contributed by atoms with Gasteiger partial charge in [0.25, 0.3) is 0 Å². The van der Waals surface area contributed by atoms with Crippen molar-refractivity contribution in [3.8, 4) is 0 Å². The van der Waals surface area contributed by atoms with Gasteiger partial charge in [0.15, 0.2) is 0 Å². The van der Waals surface area contributed by atoms with Gasteiger partial charge in [-0.3, -0.25) is 4.98 Å². The van der Waals surface area contributed by atoms with Crippen LogP contribution in [0.1, 0.15) is 18.4 Å². The highest BCUT2D eigenvalue weighted by Crippen LogP contribution is 2.25. The van der Waals surface area contributed by atoms with Crippen molar-refractivity contribution in [2.75, 3.05) is 19.8 Å². The summed E-state index contributed by atoms with van der Waals surface area (Å²) in [6.45, 7) is 2.12. The van der Waals surface area contributed by atoms with Crippen LogP contribution in [0.4, 0.5) is 4.39 Å². The second-order valence-electron chi connectivity index (χ2n) is 4.30. The number of ether oxygens (including phenoxy) is 2. The molecule has 0 radical (unpaired) electrons. The number of aromatic nitrogens is 1. The molecule has 0 aliphatic carbocycles.